The van der Waals surface area contributed by atoms with Crippen LogP contribution in [0.2, 0.25) is 0 Å². The van der Waals surface area contributed by atoms with E-state index in [1.54, 1.807) is 18.5 Å². The molecule has 2 heterocycles. The van der Waals surface area contributed by atoms with Crippen molar-refractivity contribution in [3.8, 4) is 0 Å². The second-order valence-corrected chi connectivity index (χ2v) is 7.77. The maximum absolute atomic E-state index is 12.2. The van der Waals surface area contributed by atoms with E-state index >= 15 is 0 Å². The molecule has 2 aromatic heterocycles. The minimum atomic E-state index is -3.44. The van der Waals surface area contributed by atoms with E-state index in [2.05, 4.69) is 20.0 Å². The van der Waals surface area contributed by atoms with Crippen LogP contribution in [0.5, 0.6) is 0 Å². The Hall–Kier alpha value is -1.22. The summed E-state index contributed by atoms with van der Waals surface area (Å²) in [6.07, 6.45) is 3.92. The molecule has 0 saturated carbocycles. The molecule has 0 bridgehead atoms. The van der Waals surface area contributed by atoms with Gasteiger partial charge < -0.3 is 10.3 Å². The summed E-state index contributed by atoms with van der Waals surface area (Å²) in [5.41, 5.74) is 1.01. The fraction of sp³-hybridized carbons (Fsp3) is 0.462. The predicted molar refractivity (Wildman–Crippen MR) is 83.9 cm³/mol. The van der Waals surface area contributed by atoms with Crippen molar-refractivity contribution in [2.45, 2.75) is 31.0 Å². The highest BCUT2D eigenvalue weighted by Gasteiger charge is 2.18. The van der Waals surface area contributed by atoms with Gasteiger partial charge in [0.05, 0.1) is 0 Å². The molecule has 0 aromatic carbocycles. The van der Waals surface area contributed by atoms with Crippen LogP contribution in [0.3, 0.4) is 0 Å². The van der Waals surface area contributed by atoms with Crippen molar-refractivity contribution in [2.75, 3.05) is 13.1 Å². The van der Waals surface area contributed by atoms with Gasteiger partial charge in [0.2, 0.25) is 10.0 Å². The molecular weight excluding hydrogens is 308 g/mol. The first-order chi connectivity index (χ1) is 10.0. The van der Waals surface area contributed by atoms with E-state index in [-0.39, 0.29) is 0 Å². The zero-order chi connectivity index (χ0) is 15.3. The Balaban J connectivity index is 1.98. The molecule has 2 aromatic rings. The first kappa shape index (κ1) is 16.2. The molecule has 0 atom stereocenters. The highest BCUT2D eigenvalue weighted by Crippen LogP contribution is 2.25. The average molecular weight is 328 g/mol. The lowest BCUT2D eigenvalue weighted by molar-refractivity contribution is 0.583. The van der Waals surface area contributed by atoms with Crippen LogP contribution >= 0.6 is 11.3 Å². The van der Waals surface area contributed by atoms with Crippen molar-refractivity contribution >= 4 is 21.4 Å². The van der Waals surface area contributed by atoms with Crippen LogP contribution in [0.15, 0.2) is 22.7 Å². The van der Waals surface area contributed by atoms with Crippen LogP contribution in [0, 0.1) is 6.92 Å². The van der Waals surface area contributed by atoms with Crippen molar-refractivity contribution in [1.29, 1.82) is 0 Å². The summed E-state index contributed by atoms with van der Waals surface area (Å²) in [5, 5.41) is 3.21. The second-order valence-electron chi connectivity index (χ2n) is 4.64. The van der Waals surface area contributed by atoms with Crippen LogP contribution in [-0.4, -0.2) is 31.5 Å². The lowest BCUT2D eigenvalue weighted by Crippen LogP contribution is -2.25. The third-order valence-electron chi connectivity index (χ3n) is 3.01. The summed E-state index contributed by atoms with van der Waals surface area (Å²) in [7, 11) is -3.44. The summed E-state index contributed by atoms with van der Waals surface area (Å²) >= 11 is 1.32. The molecule has 0 aliphatic carbocycles. The number of hydrogen-bond acceptors (Lipinski definition) is 5. The second kappa shape index (κ2) is 7.17. The summed E-state index contributed by atoms with van der Waals surface area (Å²) in [5.74, 6) is 0.771. The standard InChI is InChI=1S/C13H20N4O2S2/c1-3-14-9-11-10(2)8-13(20-11)21(18,19)17-5-4-12-15-6-7-16-12/h6-8,14,17H,3-5,9H2,1-2H3,(H,15,16). The van der Waals surface area contributed by atoms with Gasteiger partial charge in [-0.2, -0.15) is 0 Å². The molecule has 3 N–H and O–H groups in total. The number of H-pyrrole nitrogens is 1. The number of aromatic nitrogens is 2. The lowest BCUT2D eigenvalue weighted by Gasteiger charge is -2.03. The zero-order valence-corrected chi connectivity index (χ0v) is 13.8. The molecule has 0 unspecified atom stereocenters. The maximum Gasteiger partial charge on any atom is 0.250 e. The Morgan fingerprint density at radius 2 is 2.24 bits per heavy atom. The van der Waals surface area contributed by atoms with Crippen LogP contribution in [0.4, 0.5) is 0 Å². The fourth-order valence-corrected chi connectivity index (χ4v) is 4.48. The highest BCUT2D eigenvalue weighted by molar-refractivity contribution is 7.91. The van der Waals surface area contributed by atoms with E-state index in [1.165, 1.54) is 11.3 Å². The van der Waals surface area contributed by atoms with Crippen molar-refractivity contribution < 1.29 is 8.42 Å². The Morgan fingerprint density at radius 3 is 2.90 bits per heavy atom. The van der Waals surface area contributed by atoms with Gasteiger partial charge in [-0.25, -0.2) is 18.1 Å². The Kier molecular flexibility index (Phi) is 5.51. The lowest BCUT2D eigenvalue weighted by atomic mass is 10.3. The van der Waals surface area contributed by atoms with Crippen LogP contribution in [0.25, 0.3) is 0 Å². The van der Waals surface area contributed by atoms with Gasteiger partial charge in [-0.05, 0) is 25.1 Å². The fourth-order valence-electron chi connectivity index (χ4n) is 1.84. The summed E-state index contributed by atoms with van der Waals surface area (Å²) in [6, 6.07) is 1.73. The number of thiophene rings is 1. The number of nitrogens with zero attached hydrogens (tertiary/aromatic N) is 1. The molecule has 0 spiro atoms. The van der Waals surface area contributed by atoms with Gasteiger partial charge in [-0.15, -0.1) is 11.3 Å². The van der Waals surface area contributed by atoms with Gasteiger partial charge >= 0.3 is 0 Å². The number of aryl methyl sites for hydroxylation is 1. The first-order valence-electron chi connectivity index (χ1n) is 6.81. The topological polar surface area (TPSA) is 86.9 Å². The average Bonchev–Trinajstić information content (AvgIpc) is 3.06. The molecule has 0 saturated heterocycles. The van der Waals surface area contributed by atoms with Crippen LogP contribution < -0.4 is 10.0 Å². The van der Waals surface area contributed by atoms with Crippen molar-refractivity contribution in [3.63, 3.8) is 0 Å². The molecule has 0 fully saturated rings. The summed E-state index contributed by atoms with van der Waals surface area (Å²) in [4.78, 5) is 8.07. The third kappa shape index (κ3) is 4.37. The molecule has 8 heteroatoms. The highest BCUT2D eigenvalue weighted by atomic mass is 32.2. The van der Waals surface area contributed by atoms with Gasteiger partial charge in [-0.3, -0.25) is 0 Å². The molecular formula is C13H20N4O2S2. The number of imidazole rings is 1. The van der Waals surface area contributed by atoms with E-state index in [1.807, 2.05) is 13.8 Å². The smallest absolute Gasteiger partial charge is 0.250 e. The molecule has 6 nitrogen and oxygen atoms in total. The third-order valence-corrected chi connectivity index (χ3v) is 6.18. The minimum Gasteiger partial charge on any atom is -0.349 e. The first-order valence-corrected chi connectivity index (χ1v) is 9.11. The Labute approximate surface area is 129 Å². The molecule has 21 heavy (non-hydrogen) atoms. The van der Waals surface area contributed by atoms with E-state index in [0.717, 1.165) is 22.8 Å². The summed E-state index contributed by atoms with van der Waals surface area (Å²) < 4.78 is 27.5. The minimum absolute atomic E-state index is 0.329. The van der Waals surface area contributed by atoms with Gasteiger partial charge in [0.1, 0.15) is 10.0 Å². The van der Waals surface area contributed by atoms with E-state index in [4.69, 9.17) is 0 Å². The Bertz CT molecular complexity index is 662. The predicted octanol–water partition coefficient (Wildman–Crippen LogP) is 1.41. The zero-order valence-electron chi connectivity index (χ0n) is 12.1. The van der Waals surface area contributed by atoms with E-state index in [0.29, 0.717) is 23.7 Å². The van der Waals surface area contributed by atoms with Gasteiger partial charge in [0, 0.05) is 36.8 Å². The van der Waals surface area contributed by atoms with Crippen molar-refractivity contribution in [1.82, 2.24) is 20.0 Å². The quantitative estimate of drug-likeness (QED) is 0.684. The van der Waals surface area contributed by atoms with E-state index < -0.39 is 10.0 Å². The van der Waals surface area contributed by atoms with Crippen molar-refractivity contribution in [3.05, 3.63) is 34.7 Å². The number of rotatable bonds is 8. The van der Waals surface area contributed by atoms with Crippen LogP contribution in [-0.2, 0) is 23.0 Å². The number of nitrogens with one attached hydrogen (secondary N) is 3. The SMILES string of the molecule is CCNCc1sc(S(=O)(=O)NCCc2ncc[nH]2)cc1C. The van der Waals surface area contributed by atoms with Gasteiger partial charge in [0.15, 0.2) is 0 Å². The molecule has 2 rings (SSSR count). The van der Waals surface area contributed by atoms with Crippen LogP contribution in [0.1, 0.15) is 23.2 Å². The number of aromatic amines is 1. The largest absolute Gasteiger partial charge is 0.349 e. The van der Waals surface area contributed by atoms with Gasteiger partial charge in [-0.1, -0.05) is 6.92 Å². The molecule has 0 amide bonds. The normalized spacial score (nSPS) is 11.9. The monoisotopic (exact) mass is 328 g/mol. The molecule has 116 valence electrons. The van der Waals surface area contributed by atoms with Gasteiger partial charge in [0.25, 0.3) is 0 Å². The van der Waals surface area contributed by atoms with E-state index in [9.17, 15) is 8.42 Å². The Morgan fingerprint density at radius 1 is 1.43 bits per heavy atom. The number of sulfonamides is 1. The molecule has 0 radical (unpaired) electrons. The number of hydrogen-bond donors (Lipinski definition) is 3. The maximum atomic E-state index is 12.2. The molecule has 0 aliphatic heterocycles. The molecule has 0 aliphatic rings. The van der Waals surface area contributed by atoms with Crippen molar-refractivity contribution in [2.24, 2.45) is 0 Å². The summed E-state index contributed by atoms with van der Waals surface area (Å²) in [6.45, 7) is 5.85.